The summed E-state index contributed by atoms with van der Waals surface area (Å²) < 4.78 is 13.8. The number of aliphatic hydroxyl groups is 3. The first-order chi connectivity index (χ1) is 9.08. The minimum Gasteiger partial charge on any atom is -0.394 e. The van der Waals surface area contributed by atoms with Crippen molar-refractivity contribution in [2.75, 3.05) is 12.4 Å². The molecule has 1 aromatic rings. The van der Waals surface area contributed by atoms with E-state index in [-0.39, 0.29) is 12.1 Å². The fourth-order valence-electron chi connectivity index (χ4n) is 1.56. The number of thiol groups is 1. The van der Waals surface area contributed by atoms with Gasteiger partial charge in [0.15, 0.2) is 0 Å². The molecule has 0 aliphatic carbocycles. The summed E-state index contributed by atoms with van der Waals surface area (Å²) in [7, 11) is 0. The molecule has 0 fully saturated rings. The van der Waals surface area contributed by atoms with Crippen LogP contribution in [0.3, 0.4) is 0 Å². The zero-order chi connectivity index (χ0) is 14.3. The van der Waals surface area contributed by atoms with Crippen molar-refractivity contribution in [3.63, 3.8) is 0 Å². The molecule has 0 amide bonds. The summed E-state index contributed by atoms with van der Waals surface area (Å²) in [5.74, 6) is 0.606. The standard InChI is InChI=1S/C12H19FN2O3S/c13-9(2-1-3-19)10-6-14-5-8(15-10)4-11(17)12(18)7-16/h5-6,9,11-12,16-19H,1-4,7H2/t9-,11+,12-/m1/s1. The van der Waals surface area contributed by atoms with Gasteiger partial charge in [0.25, 0.3) is 0 Å². The van der Waals surface area contributed by atoms with Crippen molar-refractivity contribution in [1.29, 1.82) is 0 Å². The lowest BCUT2D eigenvalue weighted by molar-refractivity contribution is -0.0137. The second-order valence-electron chi connectivity index (χ2n) is 4.29. The van der Waals surface area contributed by atoms with Crippen LogP contribution in [0.15, 0.2) is 12.4 Å². The minimum absolute atomic E-state index is 0.0157. The van der Waals surface area contributed by atoms with Gasteiger partial charge in [-0.25, -0.2) is 4.39 Å². The molecule has 1 aromatic heterocycles. The molecule has 0 bridgehead atoms. The fourth-order valence-corrected chi connectivity index (χ4v) is 1.75. The average molecular weight is 290 g/mol. The Hall–Kier alpha value is -0.760. The van der Waals surface area contributed by atoms with Crippen molar-refractivity contribution in [2.24, 2.45) is 0 Å². The lowest BCUT2D eigenvalue weighted by Gasteiger charge is -2.15. The predicted molar refractivity (Wildman–Crippen MR) is 71.8 cm³/mol. The molecule has 108 valence electrons. The number of alkyl halides is 1. The molecule has 0 aliphatic rings. The van der Waals surface area contributed by atoms with E-state index in [1.807, 2.05) is 0 Å². The van der Waals surface area contributed by atoms with Crippen molar-refractivity contribution in [2.45, 2.75) is 37.6 Å². The van der Waals surface area contributed by atoms with Crippen LogP contribution in [-0.2, 0) is 6.42 Å². The van der Waals surface area contributed by atoms with Crippen LogP contribution in [0.1, 0.15) is 30.4 Å². The first kappa shape index (κ1) is 16.3. The average Bonchev–Trinajstić information content (AvgIpc) is 2.43. The topological polar surface area (TPSA) is 86.5 Å². The van der Waals surface area contributed by atoms with Crippen LogP contribution in [0.25, 0.3) is 0 Å². The van der Waals surface area contributed by atoms with E-state index in [1.54, 1.807) is 0 Å². The van der Waals surface area contributed by atoms with E-state index in [2.05, 4.69) is 22.6 Å². The third-order valence-electron chi connectivity index (χ3n) is 2.69. The predicted octanol–water partition coefficient (Wildman–Crippen LogP) is 0.454. The van der Waals surface area contributed by atoms with Gasteiger partial charge in [0.1, 0.15) is 12.3 Å². The molecular weight excluding hydrogens is 271 g/mol. The van der Waals surface area contributed by atoms with Crippen molar-refractivity contribution >= 4 is 12.6 Å². The maximum absolute atomic E-state index is 13.8. The van der Waals surface area contributed by atoms with Crippen molar-refractivity contribution in [3.05, 3.63) is 23.8 Å². The lowest BCUT2D eigenvalue weighted by atomic mass is 10.1. The Bertz CT molecular complexity index is 384. The zero-order valence-electron chi connectivity index (χ0n) is 10.5. The third kappa shape index (κ3) is 5.40. The highest BCUT2D eigenvalue weighted by Gasteiger charge is 2.18. The summed E-state index contributed by atoms with van der Waals surface area (Å²) >= 11 is 4.02. The summed E-state index contributed by atoms with van der Waals surface area (Å²) in [5.41, 5.74) is 0.594. The smallest absolute Gasteiger partial charge is 0.143 e. The summed E-state index contributed by atoms with van der Waals surface area (Å²) in [6.45, 7) is -0.540. The van der Waals surface area contributed by atoms with Gasteiger partial charge in [-0.1, -0.05) is 0 Å². The van der Waals surface area contributed by atoms with Crippen LogP contribution in [-0.4, -0.2) is 49.9 Å². The Labute approximate surface area is 116 Å². The van der Waals surface area contributed by atoms with Gasteiger partial charge in [-0.15, -0.1) is 0 Å². The molecule has 3 atom stereocenters. The number of aliphatic hydroxyl groups excluding tert-OH is 3. The molecule has 19 heavy (non-hydrogen) atoms. The largest absolute Gasteiger partial charge is 0.394 e. The van der Waals surface area contributed by atoms with E-state index < -0.39 is 25.0 Å². The Morgan fingerprint density at radius 2 is 2.00 bits per heavy atom. The second-order valence-corrected chi connectivity index (χ2v) is 4.74. The number of hydrogen-bond acceptors (Lipinski definition) is 6. The zero-order valence-corrected chi connectivity index (χ0v) is 11.4. The molecule has 0 aliphatic heterocycles. The van der Waals surface area contributed by atoms with E-state index in [4.69, 9.17) is 5.11 Å². The van der Waals surface area contributed by atoms with E-state index >= 15 is 0 Å². The molecule has 1 rings (SSSR count). The molecule has 0 saturated heterocycles. The van der Waals surface area contributed by atoms with E-state index in [0.717, 1.165) is 0 Å². The van der Waals surface area contributed by atoms with Gasteiger partial charge < -0.3 is 15.3 Å². The number of aromatic nitrogens is 2. The molecule has 0 radical (unpaired) electrons. The third-order valence-corrected chi connectivity index (χ3v) is 3.01. The van der Waals surface area contributed by atoms with Gasteiger partial charge in [-0.05, 0) is 18.6 Å². The normalized spacial score (nSPS) is 16.1. The van der Waals surface area contributed by atoms with Gasteiger partial charge in [-0.2, -0.15) is 12.6 Å². The highest BCUT2D eigenvalue weighted by molar-refractivity contribution is 7.80. The summed E-state index contributed by atoms with van der Waals surface area (Å²) in [6.07, 6.45) is 0.136. The molecule has 1 heterocycles. The van der Waals surface area contributed by atoms with E-state index in [1.165, 1.54) is 12.4 Å². The molecule has 0 aromatic carbocycles. The minimum atomic E-state index is -1.24. The molecule has 3 N–H and O–H groups in total. The molecule has 0 saturated carbocycles. The second kappa shape index (κ2) is 8.42. The molecule has 0 spiro atoms. The number of rotatable bonds is 8. The van der Waals surface area contributed by atoms with Crippen LogP contribution < -0.4 is 0 Å². The van der Waals surface area contributed by atoms with Crippen LogP contribution in [0.4, 0.5) is 4.39 Å². The molecule has 7 heteroatoms. The summed E-state index contributed by atoms with van der Waals surface area (Å²) in [6, 6.07) is 0. The monoisotopic (exact) mass is 290 g/mol. The van der Waals surface area contributed by atoms with Gasteiger partial charge >= 0.3 is 0 Å². The Kier molecular flexibility index (Phi) is 7.22. The number of halogens is 1. The van der Waals surface area contributed by atoms with Crippen LogP contribution >= 0.6 is 12.6 Å². The fraction of sp³-hybridized carbons (Fsp3) is 0.667. The van der Waals surface area contributed by atoms with Gasteiger partial charge in [-0.3, -0.25) is 9.97 Å². The first-order valence-electron chi connectivity index (χ1n) is 6.11. The number of hydrogen-bond donors (Lipinski definition) is 4. The lowest BCUT2D eigenvalue weighted by Crippen LogP contribution is -2.31. The maximum Gasteiger partial charge on any atom is 0.143 e. The van der Waals surface area contributed by atoms with Gasteiger partial charge in [0, 0.05) is 12.6 Å². The number of nitrogens with zero attached hydrogens (tertiary/aromatic N) is 2. The van der Waals surface area contributed by atoms with Gasteiger partial charge in [0.2, 0.25) is 0 Å². The van der Waals surface area contributed by atoms with Crippen LogP contribution in [0.2, 0.25) is 0 Å². The maximum atomic E-state index is 13.8. The highest BCUT2D eigenvalue weighted by Crippen LogP contribution is 2.20. The van der Waals surface area contributed by atoms with E-state index in [9.17, 15) is 14.6 Å². The Morgan fingerprint density at radius 3 is 2.63 bits per heavy atom. The van der Waals surface area contributed by atoms with Gasteiger partial charge in [0.05, 0.1) is 30.3 Å². The first-order valence-corrected chi connectivity index (χ1v) is 6.74. The summed E-state index contributed by atoms with van der Waals surface area (Å²) in [5, 5.41) is 27.5. The highest BCUT2D eigenvalue weighted by atomic mass is 32.1. The molecule has 0 unspecified atom stereocenters. The Balaban J connectivity index is 2.66. The van der Waals surface area contributed by atoms with Crippen molar-refractivity contribution < 1.29 is 19.7 Å². The molecular formula is C12H19FN2O3S. The SMILES string of the molecule is OC[C@@H](O)[C@@H](O)Cc1cncc([C@H](F)CCCS)n1. The quantitative estimate of drug-likeness (QED) is 0.522. The van der Waals surface area contributed by atoms with Crippen LogP contribution in [0.5, 0.6) is 0 Å². The van der Waals surface area contributed by atoms with Crippen LogP contribution in [0, 0.1) is 0 Å². The van der Waals surface area contributed by atoms with Crippen molar-refractivity contribution in [3.8, 4) is 0 Å². The Morgan fingerprint density at radius 1 is 1.26 bits per heavy atom. The molecule has 5 nitrogen and oxygen atoms in total. The summed E-state index contributed by atoms with van der Waals surface area (Å²) in [4.78, 5) is 7.94. The van der Waals surface area contributed by atoms with E-state index in [0.29, 0.717) is 24.3 Å². The van der Waals surface area contributed by atoms with Crippen molar-refractivity contribution in [1.82, 2.24) is 9.97 Å².